The predicted molar refractivity (Wildman–Crippen MR) is 578 cm³/mol. The zero-order valence-corrected chi connectivity index (χ0v) is 81.4. The van der Waals surface area contributed by atoms with Gasteiger partial charge in [0.2, 0.25) is 0 Å². The lowest BCUT2D eigenvalue weighted by Gasteiger charge is -2.27. The molecular weight excluding hydrogens is 1820 g/mol. The number of nitriles is 1. The fourth-order valence-corrected chi connectivity index (χ4v) is 29.9. The Bertz CT molecular complexity index is 9000. The van der Waals surface area contributed by atoms with Gasteiger partial charge in [-0.15, -0.1) is 68.0 Å². The summed E-state index contributed by atoms with van der Waals surface area (Å²) in [6, 6.07) is 109. The highest BCUT2D eigenvalue weighted by atomic mass is 32.1. The number of para-hydroxylation sites is 5. The van der Waals surface area contributed by atoms with Crippen LogP contribution < -0.4 is 30.8 Å². The van der Waals surface area contributed by atoms with Crippen LogP contribution in [-0.4, -0.2) is 31.5 Å². The number of nitrogens with zero attached hydrogens (tertiary/aromatic N) is 9. The maximum atomic E-state index is 13.6. The molecule has 0 radical (unpaired) electrons. The molecule has 0 atom stereocenters. The van der Waals surface area contributed by atoms with Gasteiger partial charge in [0.15, 0.2) is 28.2 Å². The van der Waals surface area contributed by atoms with Crippen LogP contribution in [0.5, 0.6) is 0 Å². The molecule has 0 amide bonds. The fourth-order valence-electron chi connectivity index (χ4n) is 21.1. The number of benzene rings is 12. The van der Waals surface area contributed by atoms with Gasteiger partial charge in [-0.1, -0.05) is 248 Å². The van der Waals surface area contributed by atoms with Gasteiger partial charge in [-0.2, -0.15) is 0 Å². The lowest BCUT2D eigenvalue weighted by atomic mass is 9.82. The number of rotatable bonds is 12. The number of fused-ring (bicyclic) bond motifs is 18. The molecule has 19 heteroatoms. The van der Waals surface area contributed by atoms with Crippen molar-refractivity contribution in [3.63, 3.8) is 0 Å². The van der Waals surface area contributed by atoms with Crippen molar-refractivity contribution < 1.29 is 9.59 Å². The van der Waals surface area contributed by atoms with E-state index in [0.29, 0.717) is 33.0 Å². The number of carbonyl (C=O) groups excluding carboxylic acids is 2. The molecule has 0 bridgehead atoms. The van der Waals surface area contributed by atoms with Crippen molar-refractivity contribution in [2.24, 2.45) is 0 Å². The molecule has 0 aliphatic heterocycles. The third-order valence-electron chi connectivity index (χ3n) is 27.8. The lowest BCUT2D eigenvalue weighted by Crippen LogP contribution is -2.38. The van der Waals surface area contributed by atoms with Gasteiger partial charge in [-0.05, 0) is 174 Å². The zero-order chi connectivity index (χ0) is 94.8. The summed E-state index contributed by atoms with van der Waals surface area (Å²) in [4.78, 5) is 91.7. The summed E-state index contributed by atoms with van der Waals surface area (Å²) in [7, 11) is 0. The van der Waals surface area contributed by atoms with E-state index in [0.717, 1.165) is 135 Å². The molecule has 139 heavy (non-hydrogen) atoms. The van der Waals surface area contributed by atoms with Gasteiger partial charge in [-0.3, -0.25) is 34.0 Å². The Balaban J connectivity index is 0.000000113. The van der Waals surface area contributed by atoms with Crippen LogP contribution in [0.15, 0.2) is 354 Å². The molecule has 0 fully saturated rings. The molecule has 0 unspecified atom stereocenters. The molecule has 12 aromatic carbocycles. The Hall–Kier alpha value is -15.7. The van der Waals surface area contributed by atoms with Crippen LogP contribution in [0.25, 0.3) is 121 Å². The van der Waals surface area contributed by atoms with E-state index in [1.165, 1.54) is 62.4 Å². The third-order valence-corrected chi connectivity index (χ3v) is 34.9. The Kier molecular flexibility index (Phi) is 20.5. The molecule has 0 saturated heterocycles. The van der Waals surface area contributed by atoms with Crippen LogP contribution >= 0.6 is 68.0 Å². The third kappa shape index (κ3) is 13.9. The predicted octanol–water partition coefficient (Wildman–Crippen LogP) is 31.0. The number of carbonyl (C=O) groups is 2. The quantitative estimate of drug-likeness (QED) is 0.0649. The molecule has 21 aromatic rings. The number of hydrogen-bond acceptors (Lipinski definition) is 18. The van der Waals surface area contributed by atoms with Gasteiger partial charge in [0.1, 0.15) is 11.5 Å². The molecule has 0 N–H and O–H groups in total. The Morgan fingerprint density at radius 3 is 1.41 bits per heavy atom. The van der Waals surface area contributed by atoms with Crippen LogP contribution in [0, 0.1) is 17.9 Å². The molecule has 26 rings (SSSR count). The SMILES string of the molecule is CC1(C)/C(=C/c2cc3sc4c(c3s2)C(C)(C)c2nc(N(c3ccccc3)c3ccc5ccccc5c3)ccc2-4)C(=O)c2ccccc21.CC1(C)c2cc(N(c3ccccc3)c3ccccc3)cnc2-c2sc3cc(C=c4c(=O)c5cccc6cccc(c4=O)c65)sc3c21.[C-]#[N+]/C(C#N)=C1\C(=C\c2cc3sc4c(c3s2)C(C)(C)c2nc(N(c3ccccc3)c3ccccc3)cnc2-4)C(=O)c2ccccc21. The standard InChI is InChI=1S/C42H32N2OS2.C40H26N2O2S2.C38H23N5OS2/c1-41(2)32-17-11-10-16-30(32)37(45)33(41)23-29-24-34-39(46-29)36-38(47-34)31-20-21-35(43-40(31)42(36,3)4)44(27-14-6-5-7-15-27)28-19-18-25-12-8-9-13-26(25)22-28;1-40(2)31-19-26(42(24-13-5-3-6-14-24)25-15-7-4-8-16-25)22-41-35(31)39-34(40)38-32(46-39)21-27(45-38)20-30-36(43)28-17-9-11-23-12-10-18-29(33(23)28)37(30)44;1-38(2)32-35-29(19-24(45-35)18-27-31(28(20-39)40-3)25-16-10-11-17-26(25)34(27)44)46-36(32)33-37(38)42-30(21-41-33)43(22-12-6-4-7-13-22)23-14-8-5-9-15-23/h5-24H,1-4H3;3-22H,1-2H3;4-19,21H,1-2H3/b33-23+;;27-18-,31-28-. The fraction of sp³-hybridized carbons (Fsp3) is 0.100. The van der Waals surface area contributed by atoms with E-state index < -0.39 is 5.41 Å². The molecule has 0 spiro atoms. The first kappa shape index (κ1) is 86.2. The molecular formula is C120H81N9O4S6. The van der Waals surface area contributed by atoms with Crippen LogP contribution in [0.3, 0.4) is 0 Å². The topological polar surface area (TPSA) is 158 Å². The van der Waals surface area contributed by atoms with Gasteiger partial charge in [0, 0.05) is 156 Å². The van der Waals surface area contributed by atoms with Gasteiger partial charge in [0.25, 0.3) is 5.70 Å². The first-order valence-electron chi connectivity index (χ1n) is 45.8. The van der Waals surface area contributed by atoms with Crippen molar-refractivity contribution in [2.45, 2.75) is 77.0 Å². The van der Waals surface area contributed by atoms with E-state index in [-0.39, 0.29) is 49.6 Å². The summed E-state index contributed by atoms with van der Waals surface area (Å²) in [6.07, 6.45) is 9.61. The second kappa shape index (κ2) is 33.1. The van der Waals surface area contributed by atoms with Crippen molar-refractivity contribution in [3.05, 3.63) is 452 Å². The molecule has 666 valence electrons. The van der Waals surface area contributed by atoms with Gasteiger partial charge < -0.3 is 4.90 Å². The highest BCUT2D eigenvalue weighted by Crippen LogP contribution is 2.62. The summed E-state index contributed by atoms with van der Waals surface area (Å²) in [5.74, 6) is 1.63. The lowest BCUT2D eigenvalue weighted by molar-refractivity contribution is 0.103. The summed E-state index contributed by atoms with van der Waals surface area (Å²) < 4.78 is 7.17. The Labute approximate surface area is 825 Å². The number of aromatic nitrogens is 4. The highest BCUT2D eigenvalue weighted by Gasteiger charge is 2.47. The molecule has 9 heterocycles. The average molecular weight is 1910 g/mol. The molecule has 0 saturated carbocycles. The minimum atomic E-state index is -0.414. The van der Waals surface area contributed by atoms with Crippen molar-refractivity contribution in [1.82, 2.24) is 19.9 Å². The minimum Gasteiger partial charge on any atom is -0.309 e. The number of hydrogen-bond donors (Lipinski definition) is 0. The number of Topliss-reactive ketones (excluding diaryl/α,β-unsaturated/α-hetero) is 2. The molecule has 5 aliphatic carbocycles. The van der Waals surface area contributed by atoms with Crippen LogP contribution in [-0.2, 0) is 21.7 Å². The first-order valence-corrected chi connectivity index (χ1v) is 50.7. The summed E-state index contributed by atoms with van der Waals surface area (Å²) in [5, 5.41) is 15.2. The normalized spacial score (nSPS) is 15.3. The van der Waals surface area contributed by atoms with Gasteiger partial charge >= 0.3 is 0 Å². The maximum absolute atomic E-state index is 13.6. The minimum absolute atomic E-state index is 0.0756. The number of ketones is 2. The van der Waals surface area contributed by atoms with E-state index in [1.807, 2.05) is 145 Å². The summed E-state index contributed by atoms with van der Waals surface area (Å²) in [6.45, 7) is 25.5. The highest BCUT2D eigenvalue weighted by molar-refractivity contribution is 7.31. The van der Waals surface area contributed by atoms with E-state index in [2.05, 4.69) is 269 Å². The average Bonchev–Trinajstić information content (AvgIpc) is 1.55. The van der Waals surface area contributed by atoms with Gasteiger partial charge in [0.05, 0.1) is 76.9 Å². The molecule has 5 aliphatic rings. The Morgan fingerprint density at radius 1 is 0.367 bits per heavy atom. The van der Waals surface area contributed by atoms with E-state index in [9.17, 15) is 24.4 Å². The monoisotopic (exact) mass is 1900 g/mol. The largest absolute Gasteiger partial charge is 0.309 e. The number of thiophene rings is 6. The van der Waals surface area contributed by atoms with E-state index in [1.54, 1.807) is 81.0 Å². The van der Waals surface area contributed by atoms with Crippen molar-refractivity contribution in [3.8, 4) is 37.7 Å². The van der Waals surface area contributed by atoms with Gasteiger partial charge in [-0.25, -0.2) is 25.1 Å². The van der Waals surface area contributed by atoms with E-state index >= 15 is 0 Å². The van der Waals surface area contributed by atoms with Crippen LogP contribution in [0.4, 0.5) is 51.4 Å². The summed E-state index contributed by atoms with van der Waals surface area (Å²) >= 11 is 10.3. The molecule has 13 nitrogen and oxygen atoms in total. The second-order valence-electron chi connectivity index (χ2n) is 37.5. The number of pyridine rings is 2. The zero-order valence-electron chi connectivity index (χ0n) is 76.5. The van der Waals surface area contributed by atoms with Crippen LogP contribution in [0.2, 0.25) is 0 Å². The molecule has 9 aromatic heterocycles. The van der Waals surface area contributed by atoms with Crippen molar-refractivity contribution in [1.29, 1.82) is 5.26 Å². The first-order chi connectivity index (χ1) is 67.5. The smallest absolute Gasteiger partial charge is 0.270 e. The van der Waals surface area contributed by atoms with E-state index in [4.69, 9.17) is 26.5 Å². The summed E-state index contributed by atoms with van der Waals surface area (Å²) in [5.41, 5.74) is 20.5. The number of anilines is 9. The van der Waals surface area contributed by atoms with Crippen molar-refractivity contribution >= 4 is 215 Å². The van der Waals surface area contributed by atoms with Crippen molar-refractivity contribution in [2.75, 3.05) is 14.7 Å². The maximum Gasteiger partial charge on any atom is 0.270 e. The Morgan fingerprint density at radius 2 is 0.835 bits per heavy atom. The second-order valence-corrected chi connectivity index (χ2v) is 43.9. The van der Waals surface area contributed by atoms with Crippen LogP contribution in [0.1, 0.15) is 136 Å². The number of allylic oxidation sites excluding steroid dienone is 4.